The normalized spacial score (nSPS) is 12.5. The maximum Gasteiger partial charge on any atom is 0.231 e. The van der Waals surface area contributed by atoms with E-state index in [9.17, 15) is 9.18 Å². The predicted molar refractivity (Wildman–Crippen MR) is 68.1 cm³/mol. The highest BCUT2D eigenvalue weighted by Crippen LogP contribution is 2.38. The van der Waals surface area contributed by atoms with Gasteiger partial charge in [-0.3, -0.25) is 4.79 Å². The molecule has 2 aromatic rings. The van der Waals surface area contributed by atoms with Crippen molar-refractivity contribution in [3.8, 4) is 22.6 Å². The molecule has 0 fully saturated rings. The molecule has 3 rings (SSSR count). The minimum absolute atomic E-state index is 0.119. The summed E-state index contributed by atoms with van der Waals surface area (Å²) >= 11 is 0. The number of ether oxygens (including phenoxy) is 2. The Balaban J connectivity index is 2.21. The van der Waals surface area contributed by atoms with Gasteiger partial charge in [0, 0.05) is 11.1 Å². The van der Waals surface area contributed by atoms with Gasteiger partial charge in [0.05, 0.1) is 0 Å². The zero-order valence-electron chi connectivity index (χ0n) is 10.3. The first-order valence-electron chi connectivity index (χ1n) is 5.84. The molecule has 0 spiro atoms. The van der Waals surface area contributed by atoms with Crippen LogP contribution in [0.3, 0.4) is 0 Å². The second kappa shape index (κ2) is 4.39. The average Bonchev–Trinajstić information content (AvgIpc) is 2.84. The van der Waals surface area contributed by atoms with E-state index in [2.05, 4.69) is 0 Å². The van der Waals surface area contributed by atoms with Crippen LogP contribution in [0.4, 0.5) is 4.39 Å². The van der Waals surface area contributed by atoms with Crippen LogP contribution in [0.1, 0.15) is 15.9 Å². The van der Waals surface area contributed by atoms with E-state index in [1.54, 1.807) is 24.3 Å². The Labute approximate surface area is 109 Å². The van der Waals surface area contributed by atoms with Gasteiger partial charge >= 0.3 is 0 Å². The summed E-state index contributed by atoms with van der Waals surface area (Å²) in [6, 6.07) is 8.12. The fraction of sp³-hybridized carbons (Fsp3) is 0.133. The molecule has 0 atom stereocenters. The molecular weight excluding hydrogens is 247 g/mol. The molecule has 0 N–H and O–H groups in total. The highest BCUT2D eigenvalue weighted by Gasteiger charge is 2.19. The first-order valence-corrected chi connectivity index (χ1v) is 5.84. The summed E-state index contributed by atoms with van der Waals surface area (Å²) in [6.45, 7) is 1.93. The van der Waals surface area contributed by atoms with Crippen LogP contribution in [0.5, 0.6) is 11.5 Å². The first kappa shape index (κ1) is 11.7. The summed E-state index contributed by atoms with van der Waals surface area (Å²) in [5.41, 5.74) is 2.10. The molecule has 96 valence electrons. The minimum Gasteiger partial charge on any atom is -0.454 e. The van der Waals surface area contributed by atoms with Gasteiger partial charge in [0.25, 0.3) is 0 Å². The summed E-state index contributed by atoms with van der Waals surface area (Å²) < 4.78 is 24.5. The molecule has 1 heterocycles. The Morgan fingerprint density at radius 2 is 1.84 bits per heavy atom. The van der Waals surface area contributed by atoms with Gasteiger partial charge in [-0.1, -0.05) is 12.1 Å². The molecule has 1 aliphatic heterocycles. The van der Waals surface area contributed by atoms with E-state index in [4.69, 9.17) is 9.47 Å². The number of fused-ring (bicyclic) bond motifs is 1. The molecule has 0 amide bonds. The standard InChI is InChI=1S/C15H11FO3/c1-9-2-3-11(13(16)4-9)12-6-15-14(18-8-19-15)5-10(12)7-17/h2-7H,8H2,1H3. The third kappa shape index (κ3) is 1.95. The molecule has 0 unspecified atom stereocenters. The van der Waals surface area contributed by atoms with Crippen LogP contribution in [0.15, 0.2) is 30.3 Å². The Hall–Kier alpha value is -2.36. The fourth-order valence-corrected chi connectivity index (χ4v) is 2.13. The van der Waals surface area contributed by atoms with Crippen molar-refractivity contribution in [3.05, 3.63) is 47.3 Å². The molecule has 0 aromatic heterocycles. The topological polar surface area (TPSA) is 35.5 Å². The number of halogens is 1. The van der Waals surface area contributed by atoms with Crippen molar-refractivity contribution >= 4 is 6.29 Å². The lowest BCUT2D eigenvalue weighted by Gasteiger charge is -2.08. The maximum absolute atomic E-state index is 14.0. The van der Waals surface area contributed by atoms with Gasteiger partial charge in [-0.15, -0.1) is 0 Å². The van der Waals surface area contributed by atoms with E-state index in [1.807, 2.05) is 6.92 Å². The highest BCUT2D eigenvalue weighted by molar-refractivity contribution is 5.89. The lowest BCUT2D eigenvalue weighted by molar-refractivity contribution is 0.112. The molecule has 19 heavy (non-hydrogen) atoms. The van der Waals surface area contributed by atoms with E-state index in [-0.39, 0.29) is 12.6 Å². The lowest BCUT2D eigenvalue weighted by Crippen LogP contribution is -1.92. The monoisotopic (exact) mass is 258 g/mol. The Morgan fingerprint density at radius 3 is 2.53 bits per heavy atom. The van der Waals surface area contributed by atoms with Gasteiger partial charge in [-0.2, -0.15) is 0 Å². The average molecular weight is 258 g/mol. The third-order valence-electron chi connectivity index (χ3n) is 3.09. The van der Waals surface area contributed by atoms with Crippen LogP contribution < -0.4 is 9.47 Å². The van der Waals surface area contributed by atoms with E-state index in [0.717, 1.165) is 5.56 Å². The van der Waals surface area contributed by atoms with Crippen LogP contribution in [-0.4, -0.2) is 13.1 Å². The number of carbonyl (C=O) groups excluding carboxylic acids is 1. The molecule has 0 bridgehead atoms. The number of hydrogen-bond acceptors (Lipinski definition) is 3. The van der Waals surface area contributed by atoms with Crippen molar-refractivity contribution in [1.82, 2.24) is 0 Å². The summed E-state index contributed by atoms with van der Waals surface area (Å²) in [7, 11) is 0. The van der Waals surface area contributed by atoms with Crippen molar-refractivity contribution in [2.24, 2.45) is 0 Å². The largest absolute Gasteiger partial charge is 0.454 e. The van der Waals surface area contributed by atoms with Crippen LogP contribution in [0, 0.1) is 12.7 Å². The Kier molecular flexibility index (Phi) is 2.71. The zero-order valence-corrected chi connectivity index (χ0v) is 10.3. The number of hydrogen-bond donors (Lipinski definition) is 0. The highest BCUT2D eigenvalue weighted by atomic mass is 19.1. The first-order chi connectivity index (χ1) is 9.19. The molecule has 0 radical (unpaired) electrons. The quantitative estimate of drug-likeness (QED) is 0.775. The SMILES string of the molecule is Cc1ccc(-c2cc3c(cc2C=O)OCO3)c(F)c1. The van der Waals surface area contributed by atoms with Crippen molar-refractivity contribution in [3.63, 3.8) is 0 Å². The van der Waals surface area contributed by atoms with Crippen LogP contribution in [-0.2, 0) is 0 Å². The van der Waals surface area contributed by atoms with E-state index >= 15 is 0 Å². The van der Waals surface area contributed by atoms with E-state index in [1.165, 1.54) is 6.07 Å². The van der Waals surface area contributed by atoms with Gasteiger partial charge in [-0.25, -0.2) is 4.39 Å². The maximum atomic E-state index is 14.0. The smallest absolute Gasteiger partial charge is 0.231 e. The molecule has 4 heteroatoms. The Morgan fingerprint density at radius 1 is 1.11 bits per heavy atom. The fourth-order valence-electron chi connectivity index (χ4n) is 2.13. The third-order valence-corrected chi connectivity index (χ3v) is 3.09. The Bertz CT molecular complexity index is 665. The summed E-state index contributed by atoms with van der Waals surface area (Å²) in [5.74, 6) is 0.681. The number of benzene rings is 2. The number of rotatable bonds is 2. The molecule has 0 saturated heterocycles. The lowest BCUT2D eigenvalue weighted by atomic mass is 9.98. The van der Waals surface area contributed by atoms with Crippen LogP contribution in [0.2, 0.25) is 0 Å². The van der Waals surface area contributed by atoms with Gasteiger partial charge < -0.3 is 9.47 Å². The molecule has 2 aromatic carbocycles. The van der Waals surface area contributed by atoms with Crippen molar-refractivity contribution in [2.75, 3.05) is 6.79 Å². The molecular formula is C15H11FO3. The minimum atomic E-state index is -0.359. The van der Waals surface area contributed by atoms with Gasteiger partial charge in [-0.05, 0) is 36.2 Å². The van der Waals surface area contributed by atoms with Crippen molar-refractivity contribution in [2.45, 2.75) is 6.92 Å². The number of aldehydes is 1. The van der Waals surface area contributed by atoms with Crippen molar-refractivity contribution < 1.29 is 18.7 Å². The van der Waals surface area contributed by atoms with E-state index < -0.39 is 0 Å². The second-order valence-electron chi connectivity index (χ2n) is 4.39. The summed E-state index contributed by atoms with van der Waals surface area (Å²) in [5, 5.41) is 0. The zero-order chi connectivity index (χ0) is 13.4. The van der Waals surface area contributed by atoms with Crippen molar-refractivity contribution in [1.29, 1.82) is 0 Å². The molecule has 1 aliphatic rings. The number of aryl methyl sites for hydroxylation is 1. The predicted octanol–water partition coefficient (Wildman–Crippen LogP) is 3.34. The molecule has 3 nitrogen and oxygen atoms in total. The van der Waals surface area contributed by atoms with Gasteiger partial charge in [0.2, 0.25) is 6.79 Å². The number of carbonyl (C=O) groups is 1. The van der Waals surface area contributed by atoms with Crippen LogP contribution >= 0.6 is 0 Å². The second-order valence-corrected chi connectivity index (χ2v) is 4.39. The van der Waals surface area contributed by atoms with Gasteiger partial charge in [0.15, 0.2) is 17.8 Å². The molecule has 0 aliphatic carbocycles. The summed E-state index contributed by atoms with van der Waals surface area (Å²) in [6.07, 6.45) is 0.691. The van der Waals surface area contributed by atoms with E-state index in [0.29, 0.717) is 34.5 Å². The molecule has 0 saturated carbocycles. The van der Waals surface area contributed by atoms with Gasteiger partial charge in [0.1, 0.15) is 5.82 Å². The summed E-state index contributed by atoms with van der Waals surface area (Å²) in [4.78, 5) is 11.2. The van der Waals surface area contributed by atoms with Crippen LogP contribution in [0.25, 0.3) is 11.1 Å².